The van der Waals surface area contributed by atoms with Crippen molar-refractivity contribution in [3.63, 3.8) is 0 Å². The molecule has 0 rings (SSSR count). The zero-order chi connectivity index (χ0) is 12.1. The maximum Gasteiger partial charge on any atom is 0.130 e. The minimum atomic E-state index is 0.115. The molecule has 15 heavy (non-hydrogen) atoms. The van der Waals surface area contributed by atoms with E-state index in [1.54, 1.807) is 6.92 Å². The Morgan fingerprint density at radius 2 is 1.80 bits per heavy atom. The van der Waals surface area contributed by atoms with Crippen LogP contribution in [0.1, 0.15) is 60.8 Å². The highest BCUT2D eigenvalue weighted by Gasteiger charge is 2.18. The predicted molar refractivity (Wildman–Crippen MR) is 66.9 cm³/mol. The van der Waals surface area contributed by atoms with Gasteiger partial charge in [-0.25, -0.2) is 0 Å². The minimum absolute atomic E-state index is 0.115. The normalized spacial score (nSPS) is 13.4. The third-order valence-electron chi connectivity index (χ3n) is 2.46. The van der Waals surface area contributed by atoms with Crippen molar-refractivity contribution in [3.8, 4) is 0 Å². The molecule has 1 nitrogen and oxygen atoms in total. The molecule has 0 atom stereocenters. The second-order valence-corrected chi connectivity index (χ2v) is 5.90. The van der Waals surface area contributed by atoms with Crippen LogP contribution >= 0.6 is 0 Å². The largest absolute Gasteiger partial charge is 0.300 e. The molecule has 0 heterocycles. The quantitative estimate of drug-likeness (QED) is 0.595. The average Bonchev–Trinajstić information content (AvgIpc) is 1.97. The molecular weight excluding hydrogens is 184 g/mol. The summed E-state index contributed by atoms with van der Waals surface area (Å²) in [5.41, 5.74) is 1.56. The Hall–Kier alpha value is -0.590. The van der Waals surface area contributed by atoms with E-state index in [-0.39, 0.29) is 11.2 Å². The number of rotatable bonds is 6. The highest BCUT2D eigenvalue weighted by atomic mass is 16.1. The fourth-order valence-corrected chi connectivity index (χ4v) is 1.92. The van der Waals surface area contributed by atoms with Gasteiger partial charge in [0.1, 0.15) is 5.78 Å². The lowest BCUT2D eigenvalue weighted by Gasteiger charge is -2.21. The van der Waals surface area contributed by atoms with Crippen LogP contribution in [-0.4, -0.2) is 5.78 Å². The first kappa shape index (κ1) is 14.4. The Kier molecular flexibility index (Phi) is 5.85. The molecule has 1 heteroatoms. The molecule has 0 fully saturated rings. The second kappa shape index (κ2) is 6.09. The molecule has 0 N–H and O–H groups in total. The summed E-state index contributed by atoms with van der Waals surface area (Å²) in [4.78, 5) is 11.1. The van der Waals surface area contributed by atoms with E-state index in [0.717, 1.165) is 18.8 Å². The van der Waals surface area contributed by atoms with Gasteiger partial charge in [0.05, 0.1) is 0 Å². The molecule has 0 radical (unpaired) electrons. The van der Waals surface area contributed by atoms with Gasteiger partial charge < -0.3 is 4.79 Å². The molecule has 0 aromatic rings. The van der Waals surface area contributed by atoms with E-state index in [1.165, 1.54) is 5.57 Å². The Bertz CT molecular complexity index is 234. The molecule has 0 spiro atoms. The summed E-state index contributed by atoms with van der Waals surface area (Å²) in [6, 6.07) is 0. The SMILES string of the molecule is CC(=O)CC(C)(C)CC=C(C)CC(C)C. The van der Waals surface area contributed by atoms with Gasteiger partial charge in [0.2, 0.25) is 0 Å². The first-order valence-corrected chi connectivity index (χ1v) is 5.88. The maximum atomic E-state index is 11.1. The van der Waals surface area contributed by atoms with E-state index in [2.05, 4.69) is 40.7 Å². The van der Waals surface area contributed by atoms with Crippen LogP contribution in [0.15, 0.2) is 11.6 Å². The van der Waals surface area contributed by atoms with E-state index in [9.17, 15) is 4.79 Å². The van der Waals surface area contributed by atoms with Crippen molar-refractivity contribution in [3.05, 3.63) is 11.6 Å². The van der Waals surface area contributed by atoms with E-state index >= 15 is 0 Å². The molecule has 0 unspecified atom stereocenters. The number of carbonyl (C=O) groups excluding carboxylic acids is 1. The Labute approximate surface area is 95.0 Å². The summed E-state index contributed by atoms with van der Waals surface area (Å²) >= 11 is 0. The number of ketones is 1. The highest BCUT2D eigenvalue weighted by Crippen LogP contribution is 2.27. The lowest BCUT2D eigenvalue weighted by atomic mass is 9.83. The summed E-state index contributed by atoms with van der Waals surface area (Å²) in [6.45, 7) is 12.6. The average molecular weight is 210 g/mol. The number of Topliss-reactive ketones (excluding diaryl/α,β-unsaturated/α-hetero) is 1. The number of hydrogen-bond acceptors (Lipinski definition) is 1. The van der Waals surface area contributed by atoms with Gasteiger partial charge in [-0.1, -0.05) is 39.3 Å². The zero-order valence-electron chi connectivity index (χ0n) is 11.2. The fourth-order valence-electron chi connectivity index (χ4n) is 1.92. The molecule has 0 aromatic heterocycles. The monoisotopic (exact) mass is 210 g/mol. The Balaban J connectivity index is 4.16. The van der Waals surface area contributed by atoms with Gasteiger partial charge in [-0.3, -0.25) is 0 Å². The van der Waals surface area contributed by atoms with E-state index in [1.807, 2.05) is 0 Å². The standard InChI is InChI=1S/C14H26O/c1-11(2)9-12(3)7-8-14(5,6)10-13(4)15/h7,11H,8-10H2,1-6H3. The molecule has 0 amide bonds. The lowest BCUT2D eigenvalue weighted by molar-refractivity contribution is -0.118. The molecule has 0 aliphatic rings. The predicted octanol–water partition coefficient (Wildman–Crippen LogP) is 4.37. The first-order chi connectivity index (χ1) is 6.73. The summed E-state index contributed by atoms with van der Waals surface area (Å²) < 4.78 is 0. The Morgan fingerprint density at radius 1 is 1.27 bits per heavy atom. The van der Waals surface area contributed by atoms with Crippen LogP contribution in [-0.2, 0) is 4.79 Å². The smallest absolute Gasteiger partial charge is 0.130 e. The van der Waals surface area contributed by atoms with Crippen molar-refractivity contribution in [2.45, 2.75) is 60.8 Å². The van der Waals surface area contributed by atoms with Gasteiger partial charge in [0.15, 0.2) is 0 Å². The van der Waals surface area contributed by atoms with E-state index in [4.69, 9.17) is 0 Å². The van der Waals surface area contributed by atoms with Crippen LogP contribution in [0.2, 0.25) is 0 Å². The van der Waals surface area contributed by atoms with Gasteiger partial charge >= 0.3 is 0 Å². The minimum Gasteiger partial charge on any atom is -0.300 e. The van der Waals surface area contributed by atoms with E-state index < -0.39 is 0 Å². The van der Waals surface area contributed by atoms with Crippen LogP contribution in [0, 0.1) is 11.3 Å². The van der Waals surface area contributed by atoms with Crippen molar-refractivity contribution in [2.24, 2.45) is 11.3 Å². The molecular formula is C14H26O. The van der Waals surface area contributed by atoms with Gasteiger partial charge in [-0.15, -0.1) is 0 Å². The fraction of sp³-hybridized carbons (Fsp3) is 0.786. The summed E-state index contributed by atoms with van der Waals surface area (Å²) in [7, 11) is 0. The molecule has 0 aliphatic carbocycles. The number of carbonyl (C=O) groups is 1. The topological polar surface area (TPSA) is 17.1 Å². The van der Waals surface area contributed by atoms with Crippen molar-refractivity contribution in [1.29, 1.82) is 0 Å². The van der Waals surface area contributed by atoms with Gasteiger partial charge in [-0.2, -0.15) is 0 Å². The van der Waals surface area contributed by atoms with Gasteiger partial charge in [-0.05, 0) is 38.0 Å². The molecule has 0 aromatic carbocycles. The summed E-state index contributed by atoms with van der Waals surface area (Å²) in [6.07, 6.45) is 5.14. The third kappa shape index (κ3) is 8.41. The van der Waals surface area contributed by atoms with Crippen LogP contribution < -0.4 is 0 Å². The van der Waals surface area contributed by atoms with Gasteiger partial charge in [0.25, 0.3) is 0 Å². The zero-order valence-corrected chi connectivity index (χ0v) is 11.2. The van der Waals surface area contributed by atoms with Crippen LogP contribution in [0.25, 0.3) is 0 Å². The third-order valence-corrected chi connectivity index (χ3v) is 2.46. The summed E-state index contributed by atoms with van der Waals surface area (Å²) in [5, 5.41) is 0. The highest BCUT2D eigenvalue weighted by molar-refractivity contribution is 5.76. The Morgan fingerprint density at radius 3 is 2.20 bits per heavy atom. The molecule has 0 saturated heterocycles. The van der Waals surface area contributed by atoms with E-state index in [0.29, 0.717) is 6.42 Å². The van der Waals surface area contributed by atoms with Crippen LogP contribution in [0.4, 0.5) is 0 Å². The van der Waals surface area contributed by atoms with Crippen LogP contribution in [0.5, 0.6) is 0 Å². The first-order valence-electron chi connectivity index (χ1n) is 5.88. The van der Waals surface area contributed by atoms with Crippen molar-refractivity contribution in [2.75, 3.05) is 0 Å². The van der Waals surface area contributed by atoms with Crippen molar-refractivity contribution in [1.82, 2.24) is 0 Å². The second-order valence-electron chi connectivity index (χ2n) is 5.90. The number of hydrogen-bond donors (Lipinski definition) is 0. The molecule has 0 bridgehead atoms. The lowest BCUT2D eigenvalue weighted by Crippen LogP contribution is -2.14. The van der Waals surface area contributed by atoms with Gasteiger partial charge in [0, 0.05) is 6.42 Å². The van der Waals surface area contributed by atoms with Crippen molar-refractivity contribution >= 4 is 5.78 Å². The van der Waals surface area contributed by atoms with Crippen LogP contribution in [0.3, 0.4) is 0 Å². The molecule has 0 saturated carbocycles. The maximum absolute atomic E-state index is 11.1. The molecule has 0 aliphatic heterocycles. The number of allylic oxidation sites excluding steroid dienone is 2. The summed E-state index contributed by atoms with van der Waals surface area (Å²) in [5.74, 6) is 1.01. The van der Waals surface area contributed by atoms with Crippen molar-refractivity contribution < 1.29 is 4.79 Å². The molecule has 88 valence electrons.